The van der Waals surface area contributed by atoms with Crippen molar-refractivity contribution >= 4 is 21.6 Å². The number of benzene rings is 2. The average molecular weight is 376 g/mol. The van der Waals surface area contributed by atoms with Crippen LogP contribution in [0.3, 0.4) is 0 Å². The lowest BCUT2D eigenvalue weighted by molar-refractivity contribution is -0.119. The van der Waals surface area contributed by atoms with E-state index in [1.165, 1.54) is 18.2 Å². The van der Waals surface area contributed by atoms with Crippen LogP contribution in [0.15, 0.2) is 48.5 Å². The van der Waals surface area contributed by atoms with Crippen molar-refractivity contribution in [3.05, 3.63) is 65.5 Å². The third-order valence-electron chi connectivity index (χ3n) is 4.56. The molecule has 1 aliphatic heterocycles. The molecule has 1 unspecified atom stereocenters. The van der Waals surface area contributed by atoms with Crippen LogP contribution in [0.4, 0.5) is 10.1 Å². The molecule has 2 aromatic rings. The molecule has 5 nitrogen and oxygen atoms in total. The van der Waals surface area contributed by atoms with Gasteiger partial charge in [0.2, 0.25) is 15.9 Å². The predicted molar refractivity (Wildman–Crippen MR) is 98.7 cm³/mol. The number of carbonyl (C=O) groups excluding carboxylic acids is 1. The maximum atomic E-state index is 13.9. The SMILES string of the molecule is CC1Cc2ccccc2N1C(=O)CN(Cc1ccccc1F)S(C)(=O)=O. The molecule has 1 heterocycles. The second-order valence-corrected chi connectivity index (χ2v) is 8.55. The normalized spacial score (nSPS) is 16.8. The van der Waals surface area contributed by atoms with E-state index in [9.17, 15) is 17.6 Å². The molecule has 1 aliphatic rings. The van der Waals surface area contributed by atoms with E-state index in [1.807, 2.05) is 31.2 Å². The Bertz CT molecular complexity index is 930. The third kappa shape index (κ3) is 3.78. The van der Waals surface area contributed by atoms with E-state index in [1.54, 1.807) is 11.0 Å². The van der Waals surface area contributed by atoms with Gasteiger partial charge in [0.1, 0.15) is 5.82 Å². The zero-order valence-electron chi connectivity index (χ0n) is 14.7. The Labute approximate surface area is 153 Å². The summed E-state index contributed by atoms with van der Waals surface area (Å²) in [7, 11) is -3.68. The van der Waals surface area contributed by atoms with E-state index in [4.69, 9.17) is 0 Å². The fraction of sp³-hybridized carbons (Fsp3) is 0.316. The summed E-state index contributed by atoms with van der Waals surface area (Å²) in [6, 6.07) is 13.5. The van der Waals surface area contributed by atoms with Crippen molar-refractivity contribution in [2.24, 2.45) is 0 Å². The van der Waals surface area contributed by atoms with Crippen LogP contribution < -0.4 is 4.90 Å². The number of rotatable bonds is 5. The van der Waals surface area contributed by atoms with Gasteiger partial charge in [-0.1, -0.05) is 36.4 Å². The number of carbonyl (C=O) groups is 1. The second-order valence-electron chi connectivity index (χ2n) is 6.57. The highest BCUT2D eigenvalue weighted by Gasteiger charge is 2.33. The van der Waals surface area contributed by atoms with Crippen molar-refractivity contribution in [2.75, 3.05) is 17.7 Å². The quantitative estimate of drug-likeness (QED) is 0.806. The minimum absolute atomic E-state index is 0.0465. The van der Waals surface area contributed by atoms with E-state index in [0.717, 1.165) is 28.2 Å². The molecule has 1 atom stereocenters. The van der Waals surface area contributed by atoms with Crippen LogP contribution in [0.5, 0.6) is 0 Å². The predicted octanol–water partition coefficient (Wildman–Crippen LogP) is 2.57. The van der Waals surface area contributed by atoms with Crippen LogP contribution in [0.2, 0.25) is 0 Å². The van der Waals surface area contributed by atoms with Gasteiger partial charge in [0.05, 0.1) is 12.8 Å². The molecule has 7 heteroatoms. The minimum Gasteiger partial charge on any atom is -0.308 e. The molecule has 26 heavy (non-hydrogen) atoms. The van der Waals surface area contributed by atoms with Crippen molar-refractivity contribution in [1.29, 1.82) is 0 Å². The van der Waals surface area contributed by atoms with Crippen molar-refractivity contribution in [1.82, 2.24) is 4.31 Å². The number of para-hydroxylation sites is 1. The summed E-state index contributed by atoms with van der Waals surface area (Å²) in [5, 5.41) is 0. The number of anilines is 1. The van der Waals surface area contributed by atoms with Gasteiger partial charge in [-0.2, -0.15) is 4.31 Å². The third-order valence-corrected chi connectivity index (χ3v) is 5.76. The minimum atomic E-state index is -3.68. The first-order chi connectivity index (χ1) is 12.3. The fourth-order valence-electron chi connectivity index (χ4n) is 3.28. The van der Waals surface area contributed by atoms with Crippen LogP contribution in [0.1, 0.15) is 18.1 Å². The molecule has 0 saturated heterocycles. The number of nitrogens with zero attached hydrogens (tertiary/aromatic N) is 2. The molecule has 1 amide bonds. The first-order valence-corrected chi connectivity index (χ1v) is 10.2. The lowest BCUT2D eigenvalue weighted by Gasteiger charge is -2.26. The largest absolute Gasteiger partial charge is 0.308 e. The van der Waals surface area contributed by atoms with Crippen molar-refractivity contribution in [3.8, 4) is 0 Å². The first-order valence-electron chi connectivity index (χ1n) is 8.36. The maximum absolute atomic E-state index is 13.9. The maximum Gasteiger partial charge on any atom is 0.242 e. The van der Waals surface area contributed by atoms with Crippen molar-refractivity contribution in [3.63, 3.8) is 0 Å². The highest BCUT2D eigenvalue weighted by atomic mass is 32.2. The van der Waals surface area contributed by atoms with Gasteiger partial charge in [-0.3, -0.25) is 4.79 Å². The molecular weight excluding hydrogens is 355 g/mol. The molecule has 3 rings (SSSR count). The fourth-order valence-corrected chi connectivity index (χ4v) is 4.00. The summed E-state index contributed by atoms with van der Waals surface area (Å²) in [6.45, 7) is 1.42. The van der Waals surface area contributed by atoms with E-state index in [0.29, 0.717) is 0 Å². The van der Waals surface area contributed by atoms with E-state index in [2.05, 4.69) is 0 Å². The van der Waals surface area contributed by atoms with Gasteiger partial charge < -0.3 is 4.90 Å². The summed E-state index contributed by atoms with van der Waals surface area (Å²) in [5.41, 5.74) is 2.11. The Kier molecular flexibility index (Phi) is 5.11. The Morgan fingerprint density at radius 2 is 1.85 bits per heavy atom. The van der Waals surface area contributed by atoms with Crippen LogP contribution >= 0.6 is 0 Å². The Balaban J connectivity index is 1.84. The average Bonchev–Trinajstić information content (AvgIpc) is 2.91. The summed E-state index contributed by atoms with van der Waals surface area (Å²) in [5.74, 6) is -0.808. The molecule has 0 bridgehead atoms. The number of hydrogen-bond donors (Lipinski definition) is 0. The van der Waals surface area contributed by atoms with Gasteiger partial charge in [0, 0.05) is 23.8 Å². The first kappa shape index (κ1) is 18.5. The smallest absolute Gasteiger partial charge is 0.242 e. The van der Waals surface area contributed by atoms with Gasteiger partial charge in [-0.25, -0.2) is 12.8 Å². The second kappa shape index (κ2) is 7.17. The molecule has 0 N–H and O–H groups in total. The number of fused-ring (bicyclic) bond motifs is 1. The molecule has 0 fully saturated rings. The molecule has 0 aromatic heterocycles. The molecule has 0 spiro atoms. The van der Waals surface area contributed by atoms with Gasteiger partial charge >= 0.3 is 0 Å². The zero-order chi connectivity index (χ0) is 18.9. The molecule has 0 radical (unpaired) electrons. The summed E-state index contributed by atoms with van der Waals surface area (Å²) in [6.07, 6.45) is 1.76. The zero-order valence-corrected chi connectivity index (χ0v) is 15.5. The van der Waals surface area contributed by atoms with Crippen molar-refractivity contribution in [2.45, 2.75) is 25.9 Å². The lowest BCUT2D eigenvalue weighted by Crippen LogP contribution is -2.44. The highest BCUT2D eigenvalue weighted by molar-refractivity contribution is 7.88. The van der Waals surface area contributed by atoms with Crippen LogP contribution in [0, 0.1) is 5.82 Å². The van der Waals surface area contributed by atoms with Gasteiger partial charge in [-0.05, 0) is 31.0 Å². The standard InChI is InChI=1S/C19H21FN2O3S/c1-14-11-15-7-4-6-10-18(15)22(14)19(23)13-21(26(2,24)25)12-16-8-3-5-9-17(16)20/h3-10,14H,11-13H2,1-2H3. The number of sulfonamides is 1. The molecule has 0 saturated carbocycles. The number of halogens is 1. The summed E-state index contributed by atoms with van der Waals surface area (Å²) in [4.78, 5) is 14.5. The number of hydrogen-bond acceptors (Lipinski definition) is 3. The van der Waals surface area contributed by atoms with Crippen LogP contribution in [-0.2, 0) is 27.8 Å². The summed E-state index contributed by atoms with van der Waals surface area (Å²) < 4.78 is 39.2. The Hall–Kier alpha value is -2.25. The highest BCUT2D eigenvalue weighted by Crippen LogP contribution is 2.32. The van der Waals surface area contributed by atoms with Gasteiger partial charge in [-0.15, -0.1) is 0 Å². The lowest BCUT2D eigenvalue weighted by atomic mass is 10.1. The van der Waals surface area contributed by atoms with E-state index < -0.39 is 15.8 Å². The molecule has 138 valence electrons. The molecular formula is C19H21FN2O3S. The molecule has 0 aliphatic carbocycles. The van der Waals surface area contributed by atoms with Crippen LogP contribution in [-0.4, -0.2) is 37.5 Å². The van der Waals surface area contributed by atoms with Crippen molar-refractivity contribution < 1.29 is 17.6 Å². The van der Waals surface area contributed by atoms with E-state index >= 15 is 0 Å². The Morgan fingerprint density at radius 3 is 2.54 bits per heavy atom. The van der Waals surface area contributed by atoms with Gasteiger partial charge in [0.15, 0.2) is 0 Å². The topological polar surface area (TPSA) is 57.7 Å². The van der Waals surface area contributed by atoms with E-state index in [-0.39, 0.29) is 30.6 Å². The van der Waals surface area contributed by atoms with Crippen LogP contribution in [0.25, 0.3) is 0 Å². The number of amides is 1. The Morgan fingerprint density at radius 1 is 1.19 bits per heavy atom. The monoisotopic (exact) mass is 376 g/mol. The molecule has 2 aromatic carbocycles. The summed E-state index contributed by atoms with van der Waals surface area (Å²) >= 11 is 0. The van der Waals surface area contributed by atoms with Gasteiger partial charge in [0.25, 0.3) is 0 Å².